The van der Waals surface area contributed by atoms with E-state index in [2.05, 4.69) is 12.2 Å². The number of amides is 1. The van der Waals surface area contributed by atoms with Gasteiger partial charge in [-0.25, -0.2) is 0 Å². The van der Waals surface area contributed by atoms with Crippen molar-refractivity contribution in [2.24, 2.45) is 5.73 Å². The van der Waals surface area contributed by atoms with E-state index in [1.54, 1.807) is 12.1 Å². The normalized spacial score (nSPS) is 12.1. The van der Waals surface area contributed by atoms with Crippen LogP contribution in [0.15, 0.2) is 24.3 Å². The highest BCUT2D eigenvalue weighted by Crippen LogP contribution is 2.09. The Bertz CT molecular complexity index is 363. The van der Waals surface area contributed by atoms with Crippen LogP contribution in [0.5, 0.6) is 5.75 Å². The maximum absolute atomic E-state index is 11.6. The van der Waals surface area contributed by atoms with E-state index in [1.165, 1.54) is 0 Å². The van der Waals surface area contributed by atoms with Crippen LogP contribution < -0.4 is 11.1 Å². The Kier molecular flexibility index (Phi) is 6.22. The summed E-state index contributed by atoms with van der Waals surface area (Å²) in [7, 11) is 0. The summed E-state index contributed by atoms with van der Waals surface area (Å²) < 4.78 is 0. The van der Waals surface area contributed by atoms with Gasteiger partial charge in [0.15, 0.2) is 0 Å². The predicted molar refractivity (Wildman–Crippen MR) is 72.3 cm³/mol. The lowest BCUT2D eigenvalue weighted by atomic mass is 10.1. The molecule has 4 heteroatoms. The number of hydrogen-bond acceptors (Lipinski definition) is 3. The van der Waals surface area contributed by atoms with E-state index in [0.717, 1.165) is 31.2 Å². The highest BCUT2D eigenvalue weighted by Gasteiger charge is 2.11. The maximum atomic E-state index is 11.6. The Balaban J connectivity index is 2.24. The van der Waals surface area contributed by atoms with Crippen molar-refractivity contribution in [3.63, 3.8) is 0 Å². The van der Waals surface area contributed by atoms with Gasteiger partial charge in [0, 0.05) is 6.54 Å². The van der Waals surface area contributed by atoms with Gasteiger partial charge in [-0.2, -0.15) is 0 Å². The Labute approximate surface area is 108 Å². The minimum atomic E-state index is -0.398. The molecule has 0 heterocycles. The number of benzene rings is 1. The predicted octanol–water partition coefficient (Wildman–Crippen LogP) is 1.57. The van der Waals surface area contributed by atoms with Gasteiger partial charge in [-0.15, -0.1) is 0 Å². The second-order valence-corrected chi connectivity index (χ2v) is 4.46. The lowest BCUT2D eigenvalue weighted by Gasteiger charge is -2.11. The number of phenolic OH excluding ortho intramolecular Hbond substituents is 1. The number of carbonyl (C=O) groups is 1. The van der Waals surface area contributed by atoms with E-state index >= 15 is 0 Å². The first kappa shape index (κ1) is 14.5. The van der Waals surface area contributed by atoms with Crippen molar-refractivity contribution < 1.29 is 9.90 Å². The van der Waals surface area contributed by atoms with E-state index in [1.807, 2.05) is 12.1 Å². The van der Waals surface area contributed by atoms with Crippen LogP contribution in [0.2, 0.25) is 0 Å². The highest BCUT2D eigenvalue weighted by molar-refractivity contribution is 5.81. The third-order valence-electron chi connectivity index (χ3n) is 2.85. The summed E-state index contributed by atoms with van der Waals surface area (Å²) in [5, 5.41) is 12.0. The molecule has 0 spiro atoms. The summed E-state index contributed by atoms with van der Waals surface area (Å²) in [5.74, 6) is 0.173. The molecule has 18 heavy (non-hydrogen) atoms. The molecule has 1 atom stereocenters. The summed E-state index contributed by atoms with van der Waals surface area (Å²) >= 11 is 0. The molecule has 1 rings (SSSR count). The summed E-state index contributed by atoms with van der Waals surface area (Å²) in [6.45, 7) is 2.65. The van der Waals surface area contributed by atoms with E-state index in [-0.39, 0.29) is 11.7 Å². The van der Waals surface area contributed by atoms with Crippen molar-refractivity contribution >= 4 is 5.91 Å². The molecule has 0 radical (unpaired) electrons. The first-order chi connectivity index (χ1) is 8.63. The molecular weight excluding hydrogens is 228 g/mol. The third kappa shape index (κ3) is 5.19. The molecule has 100 valence electrons. The number of rotatable bonds is 7. The van der Waals surface area contributed by atoms with E-state index in [4.69, 9.17) is 10.8 Å². The fourth-order valence-electron chi connectivity index (χ4n) is 1.68. The van der Waals surface area contributed by atoms with Gasteiger partial charge in [0.05, 0.1) is 6.04 Å². The Morgan fingerprint density at radius 3 is 2.67 bits per heavy atom. The smallest absolute Gasteiger partial charge is 0.236 e. The molecular formula is C14H22N2O2. The molecule has 0 aliphatic carbocycles. The molecule has 1 unspecified atom stereocenters. The molecule has 4 N–H and O–H groups in total. The lowest BCUT2D eigenvalue weighted by molar-refractivity contribution is -0.122. The van der Waals surface area contributed by atoms with Gasteiger partial charge < -0.3 is 16.2 Å². The van der Waals surface area contributed by atoms with Crippen molar-refractivity contribution in [3.8, 4) is 5.75 Å². The Morgan fingerprint density at radius 2 is 2.06 bits per heavy atom. The molecule has 0 fully saturated rings. The summed E-state index contributed by atoms with van der Waals surface area (Å²) in [4.78, 5) is 11.6. The molecule has 0 bridgehead atoms. The van der Waals surface area contributed by atoms with Crippen LogP contribution in [-0.2, 0) is 11.2 Å². The fourth-order valence-corrected chi connectivity index (χ4v) is 1.68. The fraction of sp³-hybridized carbons (Fsp3) is 0.500. The van der Waals surface area contributed by atoms with Crippen molar-refractivity contribution in [2.45, 2.75) is 38.6 Å². The quantitative estimate of drug-likeness (QED) is 0.687. The zero-order valence-electron chi connectivity index (χ0n) is 10.9. The average molecular weight is 250 g/mol. The second-order valence-electron chi connectivity index (χ2n) is 4.46. The van der Waals surface area contributed by atoms with Crippen LogP contribution in [-0.4, -0.2) is 23.6 Å². The van der Waals surface area contributed by atoms with Crippen LogP contribution in [0.1, 0.15) is 31.7 Å². The zero-order valence-corrected chi connectivity index (χ0v) is 10.9. The molecule has 0 saturated heterocycles. The minimum absolute atomic E-state index is 0.0813. The largest absolute Gasteiger partial charge is 0.508 e. The van der Waals surface area contributed by atoms with Crippen LogP contribution in [0.4, 0.5) is 0 Å². The molecule has 4 nitrogen and oxygen atoms in total. The molecule has 1 aromatic rings. The average Bonchev–Trinajstić information content (AvgIpc) is 2.38. The first-order valence-corrected chi connectivity index (χ1v) is 6.44. The summed E-state index contributed by atoms with van der Waals surface area (Å²) in [5.41, 5.74) is 6.84. The third-order valence-corrected chi connectivity index (χ3v) is 2.85. The maximum Gasteiger partial charge on any atom is 0.236 e. The van der Waals surface area contributed by atoms with Gasteiger partial charge in [0.25, 0.3) is 0 Å². The van der Waals surface area contributed by atoms with Crippen molar-refractivity contribution in [2.75, 3.05) is 6.54 Å². The molecule has 0 aromatic heterocycles. The molecule has 0 aliphatic heterocycles. The van der Waals surface area contributed by atoms with Gasteiger partial charge >= 0.3 is 0 Å². The molecule has 0 aliphatic rings. The molecule has 1 aromatic carbocycles. The van der Waals surface area contributed by atoms with Gasteiger partial charge in [-0.3, -0.25) is 4.79 Å². The molecule has 0 saturated carbocycles. The van der Waals surface area contributed by atoms with Crippen molar-refractivity contribution in [1.29, 1.82) is 0 Å². The SMILES string of the molecule is CCCCC(N)C(=O)NCCc1ccc(O)cc1. The van der Waals surface area contributed by atoms with Crippen LogP contribution in [0.3, 0.4) is 0 Å². The Morgan fingerprint density at radius 1 is 1.39 bits per heavy atom. The van der Waals surface area contributed by atoms with Crippen molar-refractivity contribution in [3.05, 3.63) is 29.8 Å². The number of hydrogen-bond donors (Lipinski definition) is 3. The minimum Gasteiger partial charge on any atom is -0.508 e. The van der Waals surface area contributed by atoms with Gasteiger partial charge in [0.2, 0.25) is 5.91 Å². The van der Waals surface area contributed by atoms with Crippen molar-refractivity contribution in [1.82, 2.24) is 5.32 Å². The Hall–Kier alpha value is -1.55. The van der Waals surface area contributed by atoms with Gasteiger partial charge in [-0.1, -0.05) is 31.9 Å². The van der Waals surface area contributed by atoms with E-state index in [0.29, 0.717) is 6.54 Å². The number of nitrogens with two attached hydrogens (primary N) is 1. The number of nitrogens with one attached hydrogen (secondary N) is 1. The summed E-state index contributed by atoms with van der Waals surface area (Å²) in [6, 6.07) is 6.58. The topological polar surface area (TPSA) is 75.4 Å². The zero-order chi connectivity index (χ0) is 13.4. The van der Waals surface area contributed by atoms with Crippen LogP contribution >= 0.6 is 0 Å². The number of carbonyl (C=O) groups excluding carboxylic acids is 1. The van der Waals surface area contributed by atoms with Gasteiger partial charge in [0.1, 0.15) is 5.75 Å². The standard InChI is InChI=1S/C14H22N2O2/c1-2-3-4-13(15)14(18)16-10-9-11-5-7-12(17)8-6-11/h5-8,13,17H,2-4,9-10,15H2,1H3,(H,16,18). The highest BCUT2D eigenvalue weighted by atomic mass is 16.3. The number of unbranched alkanes of at least 4 members (excludes halogenated alkanes) is 1. The number of aromatic hydroxyl groups is 1. The summed E-state index contributed by atoms with van der Waals surface area (Å²) in [6.07, 6.45) is 3.51. The van der Waals surface area contributed by atoms with E-state index < -0.39 is 6.04 Å². The first-order valence-electron chi connectivity index (χ1n) is 6.44. The van der Waals surface area contributed by atoms with Gasteiger partial charge in [-0.05, 0) is 30.5 Å². The lowest BCUT2D eigenvalue weighted by Crippen LogP contribution is -2.41. The van der Waals surface area contributed by atoms with Crippen LogP contribution in [0.25, 0.3) is 0 Å². The number of phenols is 1. The van der Waals surface area contributed by atoms with Crippen LogP contribution in [0, 0.1) is 0 Å². The second kappa shape index (κ2) is 7.71. The molecule has 1 amide bonds. The monoisotopic (exact) mass is 250 g/mol. The van der Waals surface area contributed by atoms with E-state index in [9.17, 15) is 4.79 Å².